The summed E-state index contributed by atoms with van der Waals surface area (Å²) in [5.74, 6) is -0.718. The average molecular weight is 453 g/mol. The van der Waals surface area contributed by atoms with Crippen LogP contribution in [0.1, 0.15) is 42.8 Å². The number of nitrogens with one attached hydrogen (secondary N) is 1. The van der Waals surface area contributed by atoms with Gasteiger partial charge >= 0.3 is 5.97 Å². The predicted octanol–water partition coefficient (Wildman–Crippen LogP) is 1.64. The number of benzene rings is 1. The molecule has 4 rings (SSSR count). The largest absolute Gasteiger partial charge is 0.459 e. The van der Waals surface area contributed by atoms with Crippen molar-refractivity contribution in [2.45, 2.75) is 44.6 Å². The monoisotopic (exact) mass is 453 g/mol. The zero-order valence-electron chi connectivity index (χ0n) is 17.9. The second-order valence-corrected chi connectivity index (χ2v) is 7.64. The fraction of sp³-hybridized carbons (Fsp3) is 0.364. The van der Waals surface area contributed by atoms with Gasteiger partial charge in [0.1, 0.15) is 30.5 Å². The Morgan fingerprint density at radius 2 is 1.97 bits per heavy atom. The van der Waals surface area contributed by atoms with Gasteiger partial charge in [0.2, 0.25) is 0 Å². The number of imidazole rings is 1. The van der Waals surface area contributed by atoms with Crippen LogP contribution in [0.4, 0.5) is 5.82 Å². The molecule has 1 aliphatic rings. The van der Waals surface area contributed by atoms with E-state index in [0.29, 0.717) is 16.7 Å². The number of fused-ring (bicyclic) bond motifs is 1. The fourth-order valence-electron chi connectivity index (χ4n) is 3.59. The minimum absolute atomic E-state index is 0.0274. The number of carbonyl (C=O) groups excluding carboxylic acids is 3. The summed E-state index contributed by atoms with van der Waals surface area (Å²) in [6.45, 7) is 1.06. The molecule has 1 aromatic carbocycles. The Labute approximate surface area is 188 Å². The lowest BCUT2D eigenvalue weighted by molar-refractivity contribution is -0.153. The third-order valence-electron chi connectivity index (χ3n) is 5.26. The molecular formula is C22H23N5O6. The highest BCUT2D eigenvalue weighted by Gasteiger charge is 2.39. The van der Waals surface area contributed by atoms with Crippen LogP contribution in [0.3, 0.4) is 0 Å². The molecule has 172 valence electrons. The highest BCUT2D eigenvalue weighted by Crippen LogP contribution is 2.33. The van der Waals surface area contributed by atoms with E-state index in [-0.39, 0.29) is 43.4 Å². The van der Waals surface area contributed by atoms with Crippen LogP contribution in [0.25, 0.3) is 11.2 Å². The van der Waals surface area contributed by atoms with Crippen molar-refractivity contribution >= 4 is 34.6 Å². The van der Waals surface area contributed by atoms with E-state index in [1.54, 1.807) is 28.8 Å². The maximum atomic E-state index is 12.5. The highest BCUT2D eigenvalue weighted by atomic mass is 16.6. The van der Waals surface area contributed by atoms with Crippen molar-refractivity contribution in [3.8, 4) is 0 Å². The van der Waals surface area contributed by atoms with Crippen molar-refractivity contribution in [2.24, 2.45) is 0 Å². The number of anilines is 1. The number of amides is 1. The summed E-state index contributed by atoms with van der Waals surface area (Å²) in [6.07, 6.45) is 1.11. The molecule has 1 aliphatic heterocycles. The van der Waals surface area contributed by atoms with Crippen molar-refractivity contribution in [2.75, 3.05) is 11.9 Å². The van der Waals surface area contributed by atoms with Crippen molar-refractivity contribution < 1.29 is 29.0 Å². The lowest BCUT2D eigenvalue weighted by Crippen LogP contribution is -2.30. The molecule has 0 aliphatic carbocycles. The first-order chi connectivity index (χ1) is 16.0. The zero-order chi connectivity index (χ0) is 23.4. The van der Waals surface area contributed by atoms with Gasteiger partial charge in [-0.15, -0.1) is 0 Å². The van der Waals surface area contributed by atoms with Crippen molar-refractivity contribution in [3.63, 3.8) is 0 Å². The average Bonchev–Trinajstić information content (AvgIpc) is 3.42. The smallest absolute Gasteiger partial charge is 0.306 e. The fourth-order valence-corrected chi connectivity index (χ4v) is 3.59. The molecule has 1 amide bonds. The molecule has 11 nitrogen and oxygen atoms in total. The van der Waals surface area contributed by atoms with Gasteiger partial charge < -0.3 is 24.7 Å². The highest BCUT2D eigenvalue weighted by molar-refractivity contribution is 6.06. The van der Waals surface area contributed by atoms with Gasteiger partial charge in [-0.1, -0.05) is 18.2 Å². The van der Waals surface area contributed by atoms with E-state index in [0.717, 1.165) is 0 Å². The van der Waals surface area contributed by atoms with Crippen molar-refractivity contribution in [1.82, 2.24) is 19.5 Å². The molecule has 0 radical (unpaired) electrons. The Kier molecular flexibility index (Phi) is 6.71. The second-order valence-electron chi connectivity index (χ2n) is 7.64. The summed E-state index contributed by atoms with van der Waals surface area (Å²) >= 11 is 0. The lowest BCUT2D eigenvalue weighted by Gasteiger charge is -2.16. The van der Waals surface area contributed by atoms with Crippen LogP contribution in [-0.2, 0) is 19.1 Å². The number of hydrogen-bond donors (Lipinski definition) is 2. The number of nitrogens with zero attached hydrogens (tertiary/aromatic N) is 4. The van der Waals surface area contributed by atoms with Crippen LogP contribution in [0, 0.1) is 0 Å². The molecule has 3 heterocycles. The van der Waals surface area contributed by atoms with Crippen LogP contribution in [0.15, 0.2) is 43.0 Å². The molecule has 33 heavy (non-hydrogen) atoms. The van der Waals surface area contributed by atoms with Gasteiger partial charge in [-0.25, -0.2) is 15.0 Å². The summed E-state index contributed by atoms with van der Waals surface area (Å²) < 4.78 is 12.9. The van der Waals surface area contributed by atoms with E-state index in [9.17, 15) is 19.5 Å². The second kappa shape index (κ2) is 9.84. The molecule has 11 heteroatoms. The van der Waals surface area contributed by atoms with Crippen LogP contribution in [0.2, 0.25) is 0 Å². The number of aliphatic hydroxyl groups is 1. The molecule has 0 bridgehead atoms. The summed E-state index contributed by atoms with van der Waals surface area (Å²) in [6, 6.07) is 8.71. The standard InChI is InChI=1S/C22H23N5O6/c1-13(29)7-8-18(30)33-15-9-17(32-16(15)10-28)27-12-25-19-20(23-11-24-21(19)27)26-22(31)14-5-3-2-4-6-14/h2-6,11-12,15-17,28H,7-10H2,1H3,(H,23,24,26,31)/t15-,16+,17+/m0/s1. The number of hydrogen-bond acceptors (Lipinski definition) is 9. The van der Waals surface area contributed by atoms with Crippen molar-refractivity contribution in [1.29, 1.82) is 0 Å². The maximum absolute atomic E-state index is 12.5. The Bertz CT molecular complexity index is 1160. The van der Waals surface area contributed by atoms with E-state index >= 15 is 0 Å². The first-order valence-corrected chi connectivity index (χ1v) is 10.5. The minimum Gasteiger partial charge on any atom is -0.459 e. The molecule has 1 saturated heterocycles. The van der Waals surface area contributed by atoms with Gasteiger partial charge in [-0.3, -0.25) is 14.2 Å². The molecule has 1 fully saturated rings. The third kappa shape index (κ3) is 5.04. The van der Waals surface area contributed by atoms with Crippen molar-refractivity contribution in [3.05, 3.63) is 48.5 Å². The SMILES string of the molecule is CC(=O)CCC(=O)O[C@H]1C[C@H](n2cnc3c(NC(=O)c4ccccc4)ncnc32)O[C@@H]1CO. The van der Waals surface area contributed by atoms with Gasteiger partial charge in [0.25, 0.3) is 5.91 Å². The summed E-state index contributed by atoms with van der Waals surface area (Å²) in [5, 5.41) is 12.4. The number of ketones is 1. The Balaban J connectivity index is 1.51. The van der Waals surface area contributed by atoms with E-state index in [2.05, 4.69) is 20.3 Å². The van der Waals surface area contributed by atoms with E-state index in [1.807, 2.05) is 6.07 Å². The molecule has 3 atom stereocenters. The number of ether oxygens (including phenoxy) is 2. The van der Waals surface area contributed by atoms with Gasteiger partial charge in [0, 0.05) is 18.4 Å². The van der Waals surface area contributed by atoms with E-state index in [4.69, 9.17) is 9.47 Å². The number of carbonyl (C=O) groups is 3. The molecule has 0 unspecified atom stereocenters. The Hall–Kier alpha value is -3.70. The Morgan fingerprint density at radius 3 is 2.70 bits per heavy atom. The van der Waals surface area contributed by atoms with Gasteiger partial charge in [0.05, 0.1) is 19.4 Å². The van der Waals surface area contributed by atoms with Crippen LogP contribution >= 0.6 is 0 Å². The minimum atomic E-state index is -0.729. The number of aromatic nitrogens is 4. The zero-order valence-corrected chi connectivity index (χ0v) is 17.9. The normalized spacial score (nSPS) is 20.0. The molecule has 3 aromatic rings. The predicted molar refractivity (Wildman–Crippen MR) is 115 cm³/mol. The van der Waals surface area contributed by atoms with Gasteiger partial charge in [0.15, 0.2) is 17.0 Å². The lowest BCUT2D eigenvalue weighted by atomic mass is 10.2. The number of esters is 1. The van der Waals surface area contributed by atoms with Crippen LogP contribution in [0.5, 0.6) is 0 Å². The van der Waals surface area contributed by atoms with Crippen LogP contribution < -0.4 is 5.32 Å². The summed E-state index contributed by atoms with van der Waals surface area (Å²) in [5.41, 5.74) is 1.26. The molecule has 0 spiro atoms. The van der Waals surface area contributed by atoms with E-state index < -0.39 is 24.4 Å². The first-order valence-electron chi connectivity index (χ1n) is 10.5. The van der Waals surface area contributed by atoms with Gasteiger partial charge in [-0.05, 0) is 19.1 Å². The molecule has 2 N–H and O–H groups in total. The first kappa shape index (κ1) is 22.5. The summed E-state index contributed by atoms with van der Waals surface area (Å²) in [4.78, 5) is 48.4. The maximum Gasteiger partial charge on any atom is 0.306 e. The molecule has 2 aromatic heterocycles. The van der Waals surface area contributed by atoms with Crippen LogP contribution in [-0.4, -0.2) is 61.1 Å². The molecule has 0 saturated carbocycles. The number of rotatable bonds is 8. The van der Waals surface area contributed by atoms with E-state index in [1.165, 1.54) is 19.6 Å². The Morgan fingerprint density at radius 1 is 1.18 bits per heavy atom. The number of aliphatic hydroxyl groups excluding tert-OH is 1. The summed E-state index contributed by atoms with van der Waals surface area (Å²) in [7, 11) is 0. The van der Waals surface area contributed by atoms with Gasteiger partial charge in [-0.2, -0.15) is 0 Å². The number of Topliss-reactive ketones (excluding diaryl/α,β-unsaturated/α-hetero) is 1. The molecular weight excluding hydrogens is 430 g/mol. The third-order valence-corrected chi connectivity index (χ3v) is 5.26. The topological polar surface area (TPSA) is 146 Å². The quantitative estimate of drug-likeness (QED) is 0.486.